The second-order valence-corrected chi connectivity index (χ2v) is 8.29. The van der Waals surface area contributed by atoms with E-state index in [-0.39, 0.29) is 18.2 Å². The fourth-order valence-corrected chi connectivity index (χ4v) is 4.25. The Kier molecular flexibility index (Phi) is 6.78. The van der Waals surface area contributed by atoms with Gasteiger partial charge in [0.05, 0.1) is 23.7 Å². The van der Waals surface area contributed by atoms with Crippen LogP contribution in [0.1, 0.15) is 46.9 Å². The number of hydrogen-bond acceptors (Lipinski definition) is 4. The van der Waals surface area contributed by atoms with Crippen molar-refractivity contribution in [1.82, 2.24) is 19.7 Å². The zero-order valence-electron chi connectivity index (χ0n) is 18.0. The third-order valence-electron chi connectivity index (χ3n) is 6.03. The van der Waals surface area contributed by atoms with Crippen LogP contribution in [-0.4, -0.2) is 56.6 Å². The van der Waals surface area contributed by atoms with Crippen LogP contribution in [0.3, 0.4) is 0 Å². The minimum absolute atomic E-state index is 0.0226. The van der Waals surface area contributed by atoms with Crippen molar-refractivity contribution in [1.29, 1.82) is 0 Å². The number of halogens is 3. The van der Waals surface area contributed by atoms with Gasteiger partial charge in [0.25, 0.3) is 0 Å². The molecule has 1 fully saturated rings. The summed E-state index contributed by atoms with van der Waals surface area (Å²) in [5.41, 5.74) is 3.40. The molecule has 1 aliphatic heterocycles. The molecule has 1 saturated heterocycles. The number of alkyl halides is 3. The highest BCUT2D eigenvalue weighted by molar-refractivity contribution is 5.89. The molecule has 1 aliphatic rings. The molecule has 1 N–H and O–H groups in total. The number of aromatic nitrogens is 3. The number of hydrogen-bond donors (Lipinski definition) is 1. The number of carbonyl (C=O) groups is 1. The first-order valence-corrected chi connectivity index (χ1v) is 10.9. The maximum atomic E-state index is 12.5. The van der Waals surface area contributed by atoms with Crippen molar-refractivity contribution in [3.05, 3.63) is 71.8 Å². The number of rotatable bonds is 7. The molecule has 0 radical (unpaired) electrons. The van der Waals surface area contributed by atoms with Crippen molar-refractivity contribution in [3.63, 3.8) is 0 Å². The monoisotopic (exact) mass is 458 g/mol. The number of aromatic carboxylic acids is 1. The fraction of sp³-hybridized carbons (Fsp3) is 0.375. The van der Waals surface area contributed by atoms with E-state index in [1.54, 1.807) is 6.20 Å². The van der Waals surface area contributed by atoms with Gasteiger partial charge in [-0.3, -0.25) is 9.67 Å². The lowest BCUT2D eigenvalue weighted by Gasteiger charge is -2.32. The van der Waals surface area contributed by atoms with Gasteiger partial charge in [-0.2, -0.15) is 18.3 Å². The van der Waals surface area contributed by atoms with E-state index < -0.39 is 18.6 Å². The predicted molar refractivity (Wildman–Crippen MR) is 117 cm³/mol. The van der Waals surface area contributed by atoms with Crippen molar-refractivity contribution < 1.29 is 23.1 Å². The maximum Gasteiger partial charge on any atom is 0.390 e. The smallest absolute Gasteiger partial charge is 0.390 e. The van der Waals surface area contributed by atoms with Crippen molar-refractivity contribution in [2.75, 3.05) is 19.6 Å². The van der Waals surface area contributed by atoms with Crippen LogP contribution in [0.5, 0.6) is 0 Å². The molecule has 3 aromatic rings. The van der Waals surface area contributed by atoms with Crippen LogP contribution in [0.15, 0.2) is 55.0 Å². The Balaban J connectivity index is 1.56. The van der Waals surface area contributed by atoms with Gasteiger partial charge in [-0.05, 0) is 30.0 Å². The van der Waals surface area contributed by atoms with E-state index in [0.717, 1.165) is 16.8 Å². The van der Waals surface area contributed by atoms with E-state index >= 15 is 0 Å². The third kappa shape index (κ3) is 5.78. The van der Waals surface area contributed by atoms with E-state index in [4.69, 9.17) is 5.10 Å². The summed E-state index contributed by atoms with van der Waals surface area (Å²) in [6, 6.07) is 11.3. The summed E-state index contributed by atoms with van der Waals surface area (Å²) in [5, 5.41) is 14.3. The van der Waals surface area contributed by atoms with E-state index in [0.29, 0.717) is 37.9 Å². The van der Waals surface area contributed by atoms with Crippen molar-refractivity contribution in [2.24, 2.45) is 0 Å². The van der Waals surface area contributed by atoms with Gasteiger partial charge >= 0.3 is 12.1 Å². The minimum atomic E-state index is -4.14. The second-order valence-electron chi connectivity index (χ2n) is 8.29. The zero-order valence-corrected chi connectivity index (χ0v) is 18.0. The van der Waals surface area contributed by atoms with Gasteiger partial charge in [0, 0.05) is 50.2 Å². The predicted octanol–water partition coefficient (Wildman–Crippen LogP) is 4.82. The van der Waals surface area contributed by atoms with Crippen molar-refractivity contribution in [2.45, 2.75) is 37.9 Å². The highest BCUT2D eigenvalue weighted by Gasteiger charge is 2.30. The number of benzene rings is 1. The number of nitrogens with zero attached hydrogens (tertiary/aromatic N) is 4. The Labute approximate surface area is 189 Å². The summed E-state index contributed by atoms with van der Waals surface area (Å²) in [6.45, 7) is 1.19. The van der Waals surface area contributed by atoms with Crippen LogP contribution in [0.4, 0.5) is 13.2 Å². The van der Waals surface area contributed by atoms with Crippen LogP contribution in [0.2, 0.25) is 0 Å². The van der Waals surface area contributed by atoms with Crippen LogP contribution in [0.25, 0.3) is 11.1 Å². The molecule has 0 unspecified atom stereocenters. The largest absolute Gasteiger partial charge is 0.478 e. The van der Waals surface area contributed by atoms with Crippen molar-refractivity contribution >= 4 is 5.97 Å². The fourth-order valence-electron chi connectivity index (χ4n) is 4.25. The molecule has 6 nitrogen and oxygen atoms in total. The lowest BCUT2D eigenvalue weighted by atomic mass is 10.00. The van der Waals surface area contributed by atoms with Gasteiger partial charge in [0.1, 0.15) is 0 Å². The molecule has 0 amide bonds. The Bertz CT molecular complexity index is 1090. The molecule has 1 aromatic carbocycles. The Hall–Kier alpha value is -3.20. The summed E-state index contributed by atoms with van der Waals surface area (Å²) in [5.74, 6) is -1.01. The molecule has 0 aliphatic carbocycles. The van der Waals surface area contributed by atoms with Crippen LogP contribution >= 0.6 is 0 Å². The molecule has 0 bridgehead atoms. The van der Waals surface area contributed by atoms with Gasteiger partial charge in [-0.1, -0.05) is 30.3 Å². The van der Waals surface area contributed by atoms with Crippen molar-refractivity contribution in [3.8, 4) is 11.1 Å². The number of carboxylic acids is 1. The molecular formula is C24H25F3N4O2. The first-order chi connectivity index (χ1) is 15.8. The molecule has 0 spiro atoms. The van der Waals surface area contributed by atoms with Gasteiger partial charge in [-0.25, -0.2) is 4.79 Å². The third-order valence-corrected chi connectivity index (χ3v) is 6.03. The second kappa shape index (κ2) is 9.74. The standard InChI is InChI=1S/C24H25F3N4O2/c25-24(26,27)9-13-30-11-7-19(8-12-30)31-16-21(17-4-2-1-3-5-17)22(29-31)14-18-15-28-10-6-20(18)23(32)33/h1-6,10,15-16,19H,7-9,11-14H2,(H,32,33). The normalized spacial score (nSPS) is 15.6. The zero-order chi connectivity index (χ0) is 23.4. The molecule has 2 aromatic heterocycles. The summed E-state index contributed by atoms with van der Waals surface area (Å²) in [4.78, 5) is 17.6. The maximum absolute atomic E-state index is 12.5. The summed E-state index contributed by atoms with van der Waals surface area (Å²) in [7, 11) is 0. The SMILES string of the molecule is O=C(O)c1ccncc1Cc1nn(C2CCN(CCC(F)(F)F)CC2)cc1-c1ccccc1. The summed E-state index contributed by atoms with van der Waals surface area (Å²) < 4.78 is 39.5. The van der Waals surface area contributed by atoms with Gasteiger partial charge < -0.3 is 10.0 Å². The van der Waals surface area contributed by atoms with E-state index in [9.17, 15) is 23.1 Å². The molecular weight excluding hydrogens is 433 g/mol. The molecule has 4 rings (SSSR count). The molecule has 9 heteroatoms. The van der Waals surface area contributed by atoms with Crippen LogP contribution in [0, 0.1) is 0 Å². The van der Waals surface area contributed by atoms with Crippen LogP contribution < -0.4 is 0 Å². The molecule has 33 heavy (non-hydrogen) atoms. The van der Waals surface area contributed by atoms with Gasteiger partial charge in [0.2, 0.25) is 0 Å². The highest BCUT2D eigenvalue weighted by Crippen LogP contribution is 2.30. The van der Waals surface area contributed by atoms with E-state index in [2.05, 4.69) is 4.98 Å². The van der Waals surface area contributed by atoms with Crippen LogP contribution in [-0.2, 0) is 6.42 Å². The first kappa shape index (κ1) is 23.0. The highest BCUT2D eigenvalue weighted by atomic mass is 19.4. The number of piperidine rings is 1. The average Bonchev–Trinajstić information content (AvgIpc) is 3.22. The van der Waals surface area contributed by atoms with Gasteiger partial charge in [-0.15, -0.1) is 0 Å². The summed E-state index contributed by atoms with van der Waals surface area (Å²) in [6.07, 6.45) is 1.78. The molecule has 174 valence electrons. The Morgan fingerprint density at radius 2 is 1.85 bits per heavy atom. The quantitative estimate of drug-likeness (QED) is 0.550. The number of likely N-dealkylation sites (tertiary alicyclic amines) is 1. The van der Waals surface area contributed by atoms with E-state index in [1.807, 2.05) is 46.1 Å². The lowest BCUT2D eigenvalue weighted by molar-refractivity contribution is -0.138. The number of carboxylic acid groups (broad SMARTS) is 1. The molecule has 0 saturated carbocycles. The molecule has 0 atom stereocenters. The average molecular weight is 458 g/mol. The molecule has 3 heterocycles. The summed E-state index contributed by atoms with van der Waals surface area (Å²) >= 11 is 0. The van der Waals surface area contributed by atoms with Gasteiger partial charge in [0.15, 0.2) is 0 Å². The number of pyridine rings is 1. The minimum Gasteiger partial charge on any atom is -0.478 e. The van der Waals surface area contributed by atoms with E-state index in [1.165, 1.54) is 12.3 Å². The Morgan fingerprint density at radius 1 is 1.12 bits per heavy atom. The Morgan fingerprint density at radius 3 is 2.52 bits per heavy atom. The topological polar surface area (TPSA) is 71.2 Å². The first-order valence-electron chi connectivity index (χ1n) is 10.9. The lowest BCUT2D eigenvalue weighted by Crippen LogP contribution is -2.36.